The van der Waals surface area contributed by atoms with Crippen molar-refractivity contribution in [2.24, 2.45) is 0 Å². The molecule has 0 rings (SSSR count). The zero-order chi connectivity index (χ0) is 7.11. The Bertz CT molecular complexity index is 61.0. The Kier molecular flexibility index (Phi) is 6.10. The smallest absolute Gasteiger partial charge is 0.360 e. The molecule has 54 valence electrons. The van der Waals surface area contributed by atoms with Crippen LogP contribution in [0.2, 0.25) is 0 Å². The predicted octanol–water partition coefficient (Wildman–Crippen LogP) is 0.677. The molecule has 0 amide bonds. The summed E-state index contributed by atoms with van der Waals surface area (Å²) in [4.78, 5) is 0. The molecular weight excluding hydrogens is 113 g/mol. The van der Waals surface area contributed by atoms with Gasteiger partial charge in [0.05, 0.1) is 0 Å². The van der Waals surface area contributed by atoms with Crippen LogP contribution in [0.1, 0.15) is 26.7 Å². The van der Waals surface area contributed by atoms with Gasteiger partial charge in [-0.1, -0.05) is 20.3 Å². The van der Waals surface area contributed by atoms with E-state index in [1.165, 1.54) is 12.8 Å². The van der Waals surface area contributed by atoms with Gasteiger partial charge in [0.2, 0.25) is 0 Å². The van der Waals surface area contributed by atoms with Gasteiger partial charge in [-0.15, -0.1) is 0 Å². The minimum absolute atomic E-state index is 0.593. The second-order valence-electron chi connectivity index (χ2n) is 2.33. The number of nitrogens with one attached hydrogen (secondary N) is 1. The Hall–Kier alpha value is -0.0151. The molecule has 9 heavy (non-hydrogen) atoms. The summed E-state index contributed by atoms with van der Waals surface area (Å²) in [6, 6.07) is 0.593. The molecule has 0 radical (unpaired) electrons. The van der Waals surface area contributed by atoms with Crippen LogP contribution in [0.3, 0.4) is 0 Å². The molecule has 0 aromatic heterocycles. The van der Waals surface area contributed by atoms with Crippen molar-refractivity contribution in [2.45, 2.75) is 32.7 Å². The van der Waals surface area contributed by atoms with Gasteiger partial charge < -0.3 is 9.88 Å². The summed E-state index contributed by atoms with van der Waals surface area (Å²) < 4.78 is 4.85. The molecule has 0 aliphatic heterocycles. The maximum atomic E-state index is 4.85. The lowest BCUT2D eigenvalue weighted by atomic mass is 10.1. The molecule has 0 heterocycles. The Morgan fingerprint density at radius 2 is 2.33 bits per heavy atom. The highest BCUT2D eigenvalue weighted by Gasteiger charge is 1.97. The molecule has 1 unspecified atom stereocenters. The van der Waals surface area contributed by atoms with Crippen LogP contribution in [-0.2, 0) is 4.65 Å². The van der Waals surface area contributed by atoms with Crippen LogP contribution < -0.4 is 5.23 Å². The van der Waals surface area contributed by atoms with Crippen molar-refractivity contribution in [3.05, 3.63) is 0 Å². The van der Waals surface area contributed by atoms with Gasteiger partial charge in [-0.2, -0.15) is 0 Å². The van der Waals surface area contributed by atoms with E-state index >= 15 is 0 Å². The standard InChI is InChI=1S/C6H16BNO/c1-4-5-6(2)8-7-9-3/h6-8H,4-5H2,1-3H3. The molecule has 0 aromatic rings. The first kappa shape index (κ1) is 8.98. The van der Waals surface area contributed by atoms with Crippen LogP contribution in [0, 0.1) is 0 Å². The Morgan fingerprint density at radius 1 is 1.67 bits per heavy atom. The van der Waals surface area contributed by atoms with Crippen LogP contribution in [0.5, 0.6) is 0 Å². The Morgan fingerprint density at radius 3 is 2.78 bits per heavy atom. The molecule has 3 heteroatoms. The first-order chi connectivity index (χ1) is 4.31. The molecule has 0 aromatic carbocycles. The van der Waals surface area contributed by atoms with E-state index in [2.05, 4.69) is 19.1 Å². The predicted molar refractivity (Wildman–Crippen MR) is 41.7 cm³/mol. The van der Waals surface area contributed by atoms with Gasteiger partial charge in [0.15, 0.2) is 0 Å². The first-order valence-corrected chi connectivity index (χ1v) is 3.53. The van der Waals surface area contributed by atoms with E-state index in [0.29, 0.717) is 13.7 Å². The van der Waals surface area contributed by atoms with Crippen molar-refractivity contribution in [1.29, 1.82) is 0 Å². The molecule has 1 atom stereocenters. The van der Waals surface area contributed by atoms with Crippen LogP contribution >= 0.6 is 0 Å². The van der Waals surface area contributed by atoms with Gasteiger partial charge >= 0.3 is 7.62 Å². The second-order valence-corrected chi connectivity index (χ2v) is 2.33. The van der Waals surface area contributed by atoms with E-state index in [-0.39, 0.29) is 0 Å². The van der Waals surface area contributed by atoms with Crippen LogP contribution in [0.4, 0.5) is 0 Å². The van der Waals surface area contributed by atoms with E-state index in [4.69, 9.17) is 4.65 Å². The number of rotatable bonds is 5. The molecule has 2 nitrogen and oxygen atoms in total. The van der Waals surface area contributed by atoms with Crippen LogP contribution in [0.15, 0.2) is 0 Å². The fourth-order valence-corrected chi connectivity index (χ4v) is 0.761. The maximum absolute atomic E-state index is 4.85. The van der Waals surface area contributed by atoms with Crippen molar-refractivity contribution < 1.29 is 4.65 Å². The Balaban J connectivity index is 2.95. The fraction of sp³-hybridized carbons (Fsp3) is 1.00. The molecule has 0 saturated heterocycles. The van der Waals surface area contributed by atoms with Gasteiger partial charge in [-0.25, -0.2) is 0 Å². The van der Waals surface area contributed by atoms with Crippen LogP contribution in [0.25, 0.3) is 0 Å². The molecule has 1 N–H and O–H groups in total. The van der Waals surface area contributed by atoms with E-state index in [1.807, 2.05) is 0 Å². The van der Waals surface area contributed by atoms with E-state index in [0.717, 1.165) is 0 Å². The second kappa shape index (κ2) is 6.11. The highest BCUT2D eigenvalue weighted by atomic mass is 16.4. The summed E-state index contributed by atoms with van der Waals surface area (Å²) in [5.41, 5.74) is 0. The van der Waals surface area contributed by atoms with Gasteiger partial charge in [-0.05, 0) is 12.5 Å². The van der Waals surface area contributed by atoms with Crippen molar-refractivity contribution in [3.63, 3.8) is 0 Å². The third kappa shape index (κ3) is 5.86. The molecule has 0 aliphatic carbocycles. The van der Waals surface area contributed by atoms with Crippen LogP contribution in [-0.4, -0.2) is 20.8 Å². The van der Waals surface area contributed by atoms with Crippen molar-refractivity contribution in [1.82, 2.24) is 5.23 Å². The zero-order valence-corrected chi connectivity index (χ0v) is 6.61. The SMILES string of the molecule is CCCC(C)NBOC. The lowest BCUT2D eigenvalue weighted by molar-refractivity contribution is 0.419. The third-order valence-corrected chi connectivity index (χ3v) is 1.30. The Labute approximate surface area is 58.3 Å². The monoisotopic (exact) mass is 129 g/mol. The first-order valence-electron chi connectivity index (χ1n) is 3.53. The summed E-state index contributed by atoms with van der Waals surface area (Å²) in [7, 11) is 2.37. The fourth-order valence-electron chi connectivity index (χ4n) is 0.761. The molecule has 0 fully saturated rings. The summed E-state index contributed by atoms with van der Waals surface area (Å²) in [5, 5.41) is 3.21. The highest BCUT2D eigenvalue weighted by Crippen LogP contribution is 1.92. The van der Waals surface area contributed by atoms with Gasteiger partial charge in [0, 0.05) is 7.11 Å². The highest BCUT2D eigenvalue weighted by molar-refractivity contribution is 6.23. The molecule has 0 spiro atoms. The van der Waals surface area contributed by atoms with Gasteiger partial charge in [0.25, 0.3) is 0 Å². The topological polar surface area (TPSA) is 21.3 Å². The summed E-state index contributed by atoms with van der Waals surface area (Å²) >= 11 is 0. The normalized spacial score (nSPS) is 13.2. The quantitative estimate of drug-likeness (QED) is 0.551. The summed E-state index contributed by atoms with van der Waals surface area (Å²) in [6.45, 7) is 4.35. The molecule has 0 bridgehead atoms. The zero-order valence-electron chi connectivity index (χ0n) is 6.61. The molecule has 0 aliphatic rings. The van der Waals surface area contributed by atoms with E-state index in [9.17, 15) is 0 Å². The lowest BCUT2D eigenvalue weighted by Crippen LogP contribution is -2.30. The number of hydrogen-bond acceptors (Lipinski definition) is 2. The third-order valence-electron chi connectivity index (χ3n) is 1.30. The molecule has 0 saturated carbocycles. The van der Waals surface area contributed by atoms with Crippen molar-refractivity contribution >= 4 is 7.62 Å². The van der Waals surface area contributed by atoms with Gasteiger partial charge in [0.1, 0.15) is 0 Å². The largest absolute Gasteiger partial charge is 0.427 e. The summed E-state index contributed by atoms with van der Waals surface area (Å²) in [5.74, 6) is 0. The van der Waals surface area contributed by atoms with Crippen molar-refractivity contribution in [2.75, 3.05) is 7.11 Å². The minimum Gasteiger partial charge on any atom is -0.427 e. The van der Waals surface area contributed by atoms with E-state index in [1.54, 1.807) is 7.11 Å². The summed E-state index contributed by atoms with van der Waals surface area (Å²) in [6.07, 6.45) is 2.46. The maximum Gasteiger partial charge on any atom is 0.360 e. The minimum atomic E-state index is 0.593. The lowest BCUT2D eigenvalue weighted by Gasteiger charge is -2.09. The molecular formula is C6H16BNO. The average Bonchev–Trinajstić information content (AvgIpc) is 1.85. The number of hydrogen-bond donors (Lipinski definition) is 1. The van der Waals surface area contributed by atoms with Gasteiger partial charge in [-0.3, -0.25) is 0 Å². The van der Waals surface area contributed by atoms with E-state index < -0.39 is 0 Å². The average molecular weight is 129 g/mol. The van der Waals surface area contributed by atoms with Crippen molar-refractivity contribution in [3.8, 4) is 0 Å².